The average Bonchev–Trinajstić information content (AvgIpc) is 3.00. The van der Waals surface area contributed by atoms with E-state index in [1.54, 1.807) is 19.0 Å². The normalized spacial score (nSPS) is 11.4. The number of carbonyl (C=O) groups excluding carboxylic acids is 1. The first-order valence-electron chi connectivity index (χ1n) is 8.83. The van der Waals surface area contributed by atoms with Crippen LogP contribution in [0.25, 0.3) is 16.7 Å². The number of benzene rings is 1. The number of hydrogen-bond donors (Lipinski definition) is 1. The number of carbonyl (C=O) groups is 1. The summed E-state index contributed by atoms with van der Waals surface area (Å²) in [6, 6.07) is 3.84. The van der Waals surface area contributed by atoms with E-state index in [1.165, 1.54) is 6.33 Å². The van der Waals surface area contributed by atoms with Crippen molar-refractivity contribution in [1.29, 1.82) is 0 Å². The molecule has 3 aromatic rings. The molecule has 6 nitrogen and oxygen atoms in total. The Labute approximate surface area is 164 Å². The van der Waals surface area contributed by atoms with Crippen molar-refractivity contribution in [1.82, 2.24) is 19.4 Å². The highest BCUT2D eigenvalue weighted by molar-refractivity contribution is 6.35. The van der Waals surface area contributed by atoms with Gasteiger partial charge in [0.25, 0.3) is 5.91 Å². The zero-order valence-corrected chi connectivity index (χ0v) is 17.0. The first-order valence-corrected chi connectivity index (χ1v) is 9.21. The van der Waals surface area contributed by atoms with Crippen molar-refractivity contribution in [2.24, 2.45) is 5.92 Å². The second kappa shape index (κ2) is 7.19. The summed E-state index contributed by atoms with van der Waals surface area (Å²) in [7, 11) is 3.47. The number of aromatic nitrogens is 3. The van der Waals surface area contributed by atoms with Gasteiger partial charge < -0.3 is 15.2 Å². The van der Waals surface area contributed by atoms with Crippen molar-refractivity contribution in [3.05, 3.63) is 46.4 Å². The van der Waals surface area contributed by atoms with Gasteiger partial charge in [0.15, 0.2) is 0 Å². The molecule has 0 saturated heterocycles. The molecule has 2 N–H and O–H groups in total. The van der Waals surface area contributed by atoms with Crippen LogP contribution in [0.3, 0.4) is 0 Å². The summed E-state index contributed by atoms with van der Waals surface area (Å²) in [5.41, 5.74) is 9.18. The Morgan fingerprint density at radius 2 is 2.04 bits per heavy atom. The SMILES string of the molecule is Cc1c(N)ncnc1-n1ccc2c(CC(C)C)c(C(=O)N(C)C)c(Cl)cc21. The van der Waals surface area contributed by atoms with Crippen LogP contribution in [0, 0.1) is 12.8 Å². The maximum Gasteiger partial charge on any atom is 0.255 e. The lowest BCUT2D eigenvalue weighted by Gasteiger charge is -2.19. The molecule has 2 aromatic heterocycles. The Bertz CT molecular complexity index is 1020. The third-order valence-corrected chi connectivity index (χ3v) is 4.91. The Morgan fingerprint density at radius 1 is 1.33 bits per heavy atom. The fraction of sp³-hybridized carbons (Fsp3) is 0.350. The van der Waals surface area contributed by atoms with E-state index in [-0.39, 0.29) is 5.91 Å². The minimum Gasteiger partial charge on any atom is -0.383 e. The van der Waals surface area contributed by atoms with Crippen LogP contribution in [-0.4, -0.2) is 39.4 Å². The molecule has 27 heavy (non-hydrogen) atoms. The van der Waals surface area contributed by atoms with E-state index >= 15 is 0 Å². The van der Waals surface area contributed by atoms with Gasteiger partial charge in [0.05, 0.1) is 16.1 Å². The van der Waals surface area contributed by atoms with E-state index in [2.05, 4.69) is 23.8 Å². The summed E-state index contributed by atoms with van der Waals surface area (Å²) in [6.45, 7) is 6.14. The topological polar surface area (TPSA) is 77.0 Å². The molecule has 1 amide bonds. The summed E-state index contributed by atoms with van der Waals surface area (Å²) >= 11 is 6.60. The molecule has 1 aromatic carbocycles. The minimum atomic E-state index is -0.0900. The summed E-state index contributed by atoms with van der Waals surface area (Å²) in [4.78, 5) is 22.8. The van der Waals surface area contributed by atoms with Gasteiger partial charge in [-0.15, -0.1) is 0 Å². The number of halogens is 1. The second-order valence-corrected chi connectivity index (χ2v) is 7.74. The lowest BCUT2D eigenvalue weighted by molar-refractivity contribution is 0.0827. The molecule has 0 aliphatic heterocycles. The van der Waals surface area contributed by atoms with Crippen molar-refractivity contribution >= 4 is 34.2 Å². The van der Waals surface area contributed by atoms with Gasteiger partial charge in [-0.2, -0.15) is 0 Å². The molecule has 0 unspecified atom stereocenters. The number of anilines is 1. The van der Waals surface area contributed by atoms with Crippen molar-refractivity contribution < 1.29 is 4.79 Å². The van der Waals surface area contributed by atoms with Gasteiger partial charge in [-0.05, 0) is 37.0 Å². The van der Waals surface area contributed by atoms with Gasteiger partial charge in [0.2, 0.25) is 0 Å². The van der Waals surface area contributed by atoms with Crippen LogP contribution in [0.4, 0.5) is 5.82 Å². The molecular weight excluding hydrogens is 362 g/mol. The van der Waals surface area contributed by atoms with E-state index in [0.717, 1.165) is 28.5 Å². The number of amides is 1. The molecule has 0 bridgehead atoms. The Morgan fingerprint density at radius 3 is 2.67 bits per heavy atom. The van der Waals surface area contributed by atoms with Crippen molar-refractivity contribution in [2.75, 3.05) is 19.8 Å². The van der Waals surface area contributed by atoms with Crippen molar-refractivity contribution in [2.45, 2.75) is 27.2 Å². The van der Waals surface area contributed by atoms with Crippen LogP contribution in [0.1, 0.15) is 35.3 Å². The van der Waals surface area contributed by atoms with E-state index in [4.69, 9.17) is 17.3 Å². The van der Waals surface area contributed by atoms with Gasteiger partial charge in [0, 0.05) is 31.2 Å². The van der Waals surface area contributed by atoms with Gasteiger partial charge in [-0.25, -0.2) is 9.97 Å². The maximum absolute atomic E-state index is 12.8. The van der Waals surface area contributed by atoms with Gasteiger partial charge >= 0.3 is 0 Å². The van der Waals surface area contributed by atoms with Crippen molar-refractivity contribution in [3.63, 3.8) is 0 Å². The van der Waals surface area contributed by atoms with Crippen molar-refractivity contribution in [3.8, 4) is 5.82 Å². The van der Waals surface area contributed by atoms with Crippen LogP contribution in [0.5, 0.6) is 0 Å². The van der Waals surface area contributed by atoms with E-state index in [0.29, 0.717) is 28.1 Å². The fourth-order valence-electron chi connectivity index (χ4n) is 3.27. The highest BCUT2D eigenvalue weighted by Gasteiger charge is 2.23. The fourth-order valence-corrected chi connectivity index (χ4v) is 3.57. The predicted molar refractivity (Wildman–Crippen MR) is 110 cm³/mol. The highest BCUT2D eigenvalue weighted by Crippen LogP contribution is 2.34. The number of rotatable bonds is 4. The summed E-state index contributed by atoms with van der Waals surface area (Å²) in [5.74, 6) is 1.43. The average molecular weight is 386 g/mol. The summed E-state index contributed by atoms with van der Waals surface area (Å²) < 4.78 is 1.95. The summed E-state index contributed by atoms with van der Waals surface area (Å²) in [5, 5.41) is 1.44. The highest BCUT2D eigenvalue weighted by atomic mass is 35.5. The first-order chi connectivity index (χ1) is 12.7. The molecule has 0 spiro atoms. The molecule has 142 valence electrons. The Kier molecular flexibility index (Phi) is 5.11. The molecule has 0 aliphatic rings. The first kappa shape index (κ1) is 19.2. The monoisotopic (exact) mass is 385 g/mol. The Balaban J connectivity index is 2.33. The molecule has 7 heteroatoms. The zero-order valence-electron chi connectivity index (χ0n) is 16.2. The largest absolute Gasteiger partial charge is 0.383 e. The molecule has 3 rings (SSSR count). The molecule has 0 aliphatic carbocycles. The van der Waals surface area contributed by atoms with E-state index in [9.17, 15) is 4.79 Å². The van der Waals surface area contributed by atoms with E-state index in [1.807, 2.05) is 29.8 Å². The van der Waals surface area contributed by atoms with Crippen LogP contribution >= 0.6 is 11.6 Å². The molecular formula is C20H24ClN5O. The van der Waals surface area contributed by atoms with Crippen LogP contribution < -0.4 is 5.73 Å². The summed E-state index contributed by atoms with van der Waals surface area (Å²) in [6.07, 6.45) is 4.13. The lowest BCUT2D eigenvalue weighted by atomic mass is 9.94. The maximum atomic E-state index is 12.8. The lowest BCUT2D eigenvalue weighted by Crippen LogP contribution is -2.24. The van der Waals surface area contributed by atoms with Crippen LogP contribution in [-0.2, 0) is 6.42 Å². The molecule has 0 saturated carbocycles. The number of nitrogens with zero attached hydrogens (tertiary/aromatic N) is 4. The molecule has 0 atom stereocenters. The van der Waals surface area contributed by atoms with Gasteiger partial charge in [-0.1, -0.05) is 25.4 Å². The van der Waals surface area contributed by atoms with Crippen LogP contribution in [0.2, 0.25) is 5.02 Å². The number of hydrogen-bond acceptors (Lipinski definition) is 4. The molecule has 0 radical (unpaired) electrons. The van der Waals surface area contributed by atoms with E-state index < -0.39 is 0 Å². The minimum absolute atomic E-state index is 0.0900. The third-order valence-electron chi connectivity index (χ3n) is 4.61. The molecule has 0 fully saturated rings. The predicted octanol–water partition coefficient (Wildman–Crippen LogP) is 3.86. The smallest absolute Gasteiger partial charge is 0.255 e. The number of nitrogens with two attached hydrogens (primary N) is 1. The number of fused-ring (bicyclic) bond motifs is 1. The van der Waals surface area contributed by atoms with Crippen LogP contribution in [0.15, 0.2) is 24.7 Å². The standard InChI is InChI=1S/C20H24ClN5O/c1-11(2)8-14-13-6-7-26(19-12(3)18(22)23-10-24-19)16(13)9-15(21)17(14)20(27)25(4)5/h6-7,9-11H,8H2,1-5H3,(H2,22,23,24). The third kappa shape index (κ3) is 3.37. The molecule has 2 heterocycles. The zero-order chi connectivity index (χ0) is 19.9. The Hall–Kier alpha value is -2.60. The van der Waals surface area contributed by atoms with Gasteiger partial charge in [-0.3, -0.25) is 4.79 Å². The quantitative estimate of drug-likeness (QED) is 0.739. The second-order valence-electron chi connectivity index (χ2n) is 7.34. The number of nitrogen functional groups attached to an aromatic ring is 1. The van der Waals surface area contributed by atoms with Gasteiger partial charge in [0.1, 0.15) is 18.0 Å².